The number of nitrogens with zero attached hydrogens (tertiary/aromatic N) is 4. The minimum atomic E-state index is -0.230. The van der Waals surface area contributed by atoms with Gasteiger partial charge in [-0.1, -0.05) is 30.0 Å². The standard InChI is InChI=1S/C19H22N4OS/c1-12-11-17(13(2)23(12)16-9-7-6-8-10-16)18(24)14(3)25-19-21-20-15(4)22(19)5/h6-11,14H,1-5H3/t14-/m0/s1. The van der Waals surface area contributed by atoms with Gasteiger partial charge in [-0.2, -0.15) is 0 Å². The van der Waals surface area contributed by atoms with E-state index in [1.165, 1.54) is 11.8 Å². The van der Waals surface area contributed by atoms with E-state index in [-0.39, 0.29) is 11.0 Å². The third-order valence-corrected chi connectivity index (χ3v) is 5.55. The van der Waals surface area contributed by atoms with Crippen LogP contribution in [0, 0.1) is 20.8 Å². The van der Waals surface area contributed by atoms with Gasteiger partial charge in [0.25, 0.3) is 0 Å². The Morgan fingerprint density at radius 1 is 1.12 bits per heavy atom. The van der Waals surface area contributed by atoms with Crippen LogP contribution in [0.5, 0.6) is 0 Å². The number of para-hydroxylation sites is 1. The van der Waals surface area contributed by atoms with Crippen molar-refractivity contribution in [1.82, 2.24) is 19.3 Å². The van der Waals surface area contributed by atoms with Crippen LogP contribution in [0.3, 0.4) is 0 Å². The Morgan fingerprint density at radius 3 is 2.40 bits per heavy atom. The van der Waals surface area contributed by atoms with Crippen LogP contribution in [-0.4, -0.2) is 30.4 Å². The fourth-order valence-corrected chi connectivity index (χ4v) is 3.84. The van der Waals surface area contributed by atoms with Gasteiger partial charge in [0, 0.05) is 29.7 Å². The zero-order valence-corrected chi connectivity index (χ0v) is 16.0. The van der Waals surface area contributed by atoms with E-state index in [9.17, 15) is 4.79 Å². The van der Waals surface area contributed by atoms with Crippen molar-refractivity contribution < 1.29 is 4.79 Å². The molecule has 0 fully saturated rings. The van der Waals surface area contributed by atoms with E-state index >= 15 is 0 Å². The summed E-state index contributed by atoms with van der Waals surface area (Å²) in [6.45, 7) is 7.85. The summed E-state index contributed by atoms with van der Waals surface area (Å²) >= 11 is 1.44. The molecule has 130 valence electrons. The van der Waals surface area contributed by atoms with Gasteiger partial charge in [0.15, 0.2) is 10.9 Å². The number of Topliss-reactive ketones (excluding diaryl/α,β-unsaturated/α-hetero) is 1. The zero-order chi connectivity index (χ0) is 18.1. The highest BCUT2D eigenvalue weighted by Crippen LogP contribution is 2.27. The summed E-state index contributed by atoms with van der Waals surface area (Å²) in [5.74, 6) is 0.949. The Kier molecular flexibility index (Phi) is 4.81. The van der Waals surface area contributed by atoms with Gasteiger partial charge in [-0.15, -0.1) is 10.2 Å². The molecule has 0 saturated carbocycles. The van der Waals surface area contributed by atoms with Crippen molar-refractivity contribution >= 4 is 17.5 Å². The van der Waals surface area contributed by atoms with Crippen LogP contribution in [-0.2, 0) is 7.05 Å². The molecule has 1 atom stereocenters. The maximum absolute atomic E-state index is 13.0. The highest BCUT2D eigenvalue weighted by molar-refractivity contribution is 8.00. The Hall–Kier alpha value is -2.34. The molecule has 6 heteroatoms. The fraction of sp³-hybridized carbons (Fsp3) is 0.316. The minimum Gasteiger partial charge on any atom is -0.318 e. The topological polar surface area (TPSA) is 52.7 Å². The van der Waals surface area contributed by atoms with Crippen molar-refractivity contribution in [3.8, 4) is 5.69 Å². The first-order valence-electron chi connectivity index (χ1n) is 8.21. The normalized spacial score (nSPS) is 12.4. The molecule has 0 N–H and O–H groups in total. The smallest absolute Gasteiger partial charge is 0.191 e. The van der Waals surface area contributed by atoms with Crippen molar-refractivity contribution in [2.24, 2.45) is 7.05 Å². The van der Waals surface area contributed by atoms with Gasteiger partial charge in [0.1, 0.15) is 5.82 Å². The highest BCUT2D eigenvalue weighted by atomic mass is 32.2. The van der Waals surface area contributed by atoms with Crippen LogP contribution in [0.4, 0.5) is 0 Å². The summed E-state index contributed by atoms with van der Waals surface area (Å²) in [6, 6.07) is 12.1. The van der Waals surface area contributed by atoms with Gasteiger partial charge in [0.05, 0.1) is 5.25 Å². The maximum Gasteiger partial charge on any atom is 0.191 e. The molecule has 3 aromatic rings. The predicted molar refractivity (Wildman–Crippen MR) is 101 cm³/mol. The number of carbonyl (C=O) groups excluding carboxylic acids is 1. The van der Waals surface area contributed by atoms with Crippen LogP contribution < -0.4 is 0 Å². The first-order valence-corrected chi connectivity index (χ1v) is 9.09. The molecule has 2 heterocycles. The molecule has 1 aromatic carbocycles. The maximum atomic E-state index is 13.0. The van der Waals surface area contributed by atoms with Gasteiger partial charge in [0.2, 0.25) is 0 Å². The van der Waals surface area contributed by atoms with E-state index in [4.69, 9.17) is 0 Å². The lowest BCUT2D eigenvalue weighted by atomic mass is 10.1. The summed E-state index contributed by atoms with van der Waals surface area (Å²) < 4.78 is 4.03. The predicted octanol–water partition coefficient (Wildman–Crippen LogP) is 3.89. The molecule has 0 amide bonds. The molecule has 0 spiro atoms. The summed E-state index contributed by atoms with van der Waals surface area (Å²) in [4.78, 5) is 13.0. The minimum absolute atomic E-state index is 0.112. The average molecular weight is 354 g/mol. The van der Waals surface area contributed by atoms with E-state index in [0.29, 0.717) is 0 Å². The lowest BCUT2D eigenvalue weighted by Gasteiger charge is -2.12. The number of ketones is 1. The van der Waals surface area contributed by atoms with Crippen molar-refractivity contribution in [2.75, 3.05) is 0 Å². The third kappa shape index (κ3) is 3.26. The zero-order valence-electron chi connectivity index (χ0n) is 15.1. The van der Waals surface area contributed by atoms with Gasteiger partial charge in [-0.25, -0.2) is 0 Å². The van der Waals surface area contributed by atoms with Crippen molar-refractivity contribution in [2.45, 2.75) is 38.1 Å². The molecule has 0 aliphatic heterocycles. The second-order valence-electron chi connectivity index (χ2n) is 6.17. The molecular formula is C19H22N4OS. The number of hydrogen-bond acceptors (Lipinski definition) is 4. The Morgan fingerprint density at radius 2 is 1.80 bits per heavy atom. The SMILES string of the molecule is Cc1nnc(S[C@@H](C)C(=O)c2cc(C)n(-c3ccccc3)c2C)n1C. The first-order chi connectivity index (χ1) is 11.9. The van der Waals surface area contributed by atoms with E-state index in [1.807, 2.05) is 63.6 Å². The van der Waals surface area contributed by atoms with Crippen molar-refractivity contribution in [1.29, 1.82) is 0 Å². The lowest BCUT2D eigenvalue weighted by molar-refractivity contribution is 0.0993. The van der Waals surface area contributed by atoms with Crippen LogP contribution in [0.15, 0.2) is 41.6 Å². The highest BCUT2D eigenvalue weighted by Gasteiger charge is 2.24. The van der Waals surface area contributed by atoms with E-state index in [0.717, 1.165) is 33.6 Å². The molecule has 0 aliphatic rings. The fourth-order valence-electron chi connectivity index (χ4n) is 2.91. The molecule has 25 heavy (non-hydrogen) atoms. The summed E-state index contributed by atoms with van der Waals surface area (Å²) in [7, 11) is 1.91. The first kappa shape index (κ1) is 17.5. The molecular weight excluding hydrogens is 332 g/mol. The summed E-state index contributed by atoms with van der Waals surface area (Å²) in [6.07, 6.45) is 0. The number of carbonyl (C=O) groups is 1. The lowest BCUT2D eigenvalue weighted by Crippen LogP contribution is -2.15. The Labute approximate surface area is 152 Å². The number of aryl methyl sites for hydroxylation is 2. The molecule has 0 unspecified atom stereocenters. The van der Waals surface area contributed by atoms with Crippen LogP contribution in [0.25, 0.3) is 5.69 Å². The van der Waals surface area contributed by atoms with Crippen molar-refractivity contribution in [3.05, 3.63) is 59.2 Å². The largest absolute Gasteiger partial charge is 0.318 e. The number of hydrogen-bond donors (Lipinski definition) is 0. The van der Waals surface area contributed by atoms with Gasteiger partial charge >= 0.3 is 0 Å². The van der Waals surface area contributed by atoms with E-state index < -0.39 is 0 Å². The molecule has 2 aromatic heterocycles. The van der Waals surface area contributed by atoms with Gasteiger partial charge in [-0.3, -0.25) is 4.79 Å². The van der Waals surface area contributed by atoms with Crippen molar-refractivity contribution in [3.63, 3.8) is 0 Å². The Bertz CT molecular complexity index is 911. The second-order valence-corrected chi connectivity index (χ2v) is 7.48. The Balaban J connectivity index is 1.89. The molecule has 0 bridgehead atoms. The van der Waals surface area contributed by atoms with Gasteiger partial charge in [-0.05, 0) is 45.9 Å². The number of benzene rings is 1. The number of rotatable bonds is 5. The molecule has 3 rings (SSSR count). The van der Waals surface area contributed by atoms with Crippen LogP contribution in [0.1, 0.15) is 34.5 Å². The molecule has 5 nitrogen and oxygen atoms in total. The van der Waals surface area contributed by atoms with E-state index in [2.05, 4.69) is 26.9 Å². The van der Waals surface area contributed by atoms with Crippen LogP contribution in [0.2, 0.25) is 0 Å². The average Bonchev–Trinajstić information content (AvgIpc) is 3.08. The summed E-state index contributed by atoms with van der Waals surface area (Å²) in [5, 5.41) is 8.73. The number of aromatic nitrogens is 4. The molecule has 0 saturated heterocycles. The number of thioether (sulfide) groups is 1. The third-order valence-electron chi connectivity index (χ3n) is 4.42. The molecule has 0 aliphatic carbocycles. The monoisotopic (exact) mass is 354 g/mol. The van der Waals surface area contributed by atoms with Crippen LogP contribution >= 0.6 is 11.8 Å². The van der Waals surface area contributed by atoms with E-state index in [1.54, 1.807) is 0 Å². The second kappa shape index (κ2) is 6.88. The summed E-state index contributed by atoms with van der Waals surface area (Å²) in [5.41, 5.74) is 3.86. The van der Waals surface area contributed by atoms with Gasteiger partial charge < -0.3 is 9.13 Å². The quantitative estimate of drug-likeness (QED) is 0.515. The molecule has 0 radical (unpaired) electrons.